The fraction of sp³-hybridized carbons (Fsp3) is 0.319. The molecule has 0 fully saturated rings. The van der Waals surface area contributed by atoms with Gasteiger partial charge < -0.3 is 60.8 Å². The number of esters is 3. The van der Waals surface area contributed by atoms with E-state index in [-0.39, 0.29) is 86.9 Å². The number of hydrogen-bond donors (Lipinski definition) is 5. The zero-order chi connectivity index (χ0) is 56.4. The van der Waals surface area contributed by atoms with Crippen molar-refractivity contribution in [1.82, 2.24) is 39.9 Å². The maximum atomic E-state index is 11.9. The van der Waals surface area contributed by atoms with Crippen molar-refractivity contribution in [3.8, 4) is 23.0 Å². The second-order valence-corrected chi connectivity index (χ2v) is 15.7. The molecule has 2 aromatic carbocycles. The number of carbonyl (C=O) groups excluding carboxylic acids is 3. The number of benzene rings is 2. The normalized spacial score (nSPS) is 9.78. The van der Waals surface area contributed by atoms with Gasteiger partial charge in [0.05, 0.1) is 53.8 Å². The fourth-order valence-corrected chi connectivity index (χ4v) is 6.46. The maximum absolute atomic E-state index is 11.9. The third-order valence-corrected chi connectivity index (χ3v) is 10.8. The lowest BCUT2D eigenvalue weighted by Gasteiger charge is -2.16. The summed E-state index contributed by atoms with van der Waals surface area (Å²) < 4.78 is 35.6. The molecule has 0 saturated heterocycles. The van der Waals surface area contributed by atoms with Crippen molar-refractivity contribution >= 4 is 99.3 Å². The molecule has 0 aliphatic heterocycles. The highest BCUT2D eigenvalue weighted by Crippen LogP contribution is 2.33. The van der Waals surface area contributed by atoms with Crippen LogP contribution in [-0.2, 0) is 27.3 Å². The first-order chi connectivity index (χ1) is 35.7. The number of methoxy groups -OCH3 is 4. The predicted octanol–water partition coefficient (Wildman–Crippen LogP) is 8.61. The molecule has 29 heteroatoms. The Morgan fingerprint density at radius 3 is 1.24 bits per heavy atom. The van der Waals surface area contributed by atoms with Crippen LogP contribution in [-0.4, -0.2) is 117 Å². The molecular formula is C47H57Cl5N12O12. The van der Waals surface area contributed by atoms with Crippen LogP contribution >= 0.6 is 58.0 Å². The monoisotopic (exact) mass is 1160 g/mol. The second-order valence-electron chi connectivity index (χ2n) is 13.9. The number of nitrogens with zero attached hydrogens (tertiary/aromatic N) is 8. The summed E-state index contributed by atoms with van der Waals surface area (Å²) in [7, 11) is 6.45. The van der Waals surface area contributed by atoms with Gasteiger partial charge in [-0.05, 0) is 70.0 Å². The summed E-state index contributed by atoms with van der Waals surface area (Å²) in [5, 5.41) is 11.6. The summed E-state index contributed by atoms with van der Waals surface area (Å²) in [6.45, 7) is 10.6. The Kier molecular flexibility index (Phi) is 30.1. The van der Waals surface area contributed by atoms with Gasteiger partial charge in [-0.25, -0.2) is 59.0 Å². The summed E-state index contributed by atoms with van der Waals surface area (Å²) in [4.78, 5) is 73.9. The van der Waals surface area contributed by atoms with E-state index in [4.69, 9.17) is 113 Å². The Morgan fingerprint density at radius 2 is 0.868 bits per heavy atom. The van der Waals surface area contributed by atoms with Crippen LogP contribution in [0.3, 0.4) is 0 Å². The van der Waals surface area contributed by atoms with Crippen LogP contribution in [0.1, 0.15) is 92.4 Å². The lowest BCUT2D eigenvalue weighted by molar-refractivity contribution is 0.0510. The lowest BCUT2D eigenvalue weighted by atomic mass is 10.1. The average molecular weight is 1160 g/mol. The zero-order valence-corrected chi connectivity index (χ0v) is 45.6. The first-order valence-corrected chi connectivity index (χ1v) is 23.4. The van der Waals surface area contributed by atoms with Gasteiger partial charge in [-0.3, -0.25) is 0 Å². The molecule has 0 spiro atoms. The first kappa shape index (κ1) is 66.7. The minimum absolute atomic E-state index is 0. The van der Waals surface area contributed by atoms with E-state index in [1.165, 1.54) is 6.33 Å². The molecular weight excluding hydrogens is 1100 g/mol. The smallest absolute Gasteiger partial charge is 0.358 e. The number of nitrogens with two attached hydrogens (primary N) is 3. The number of ether oxygens (including phenoxy) is 7. The van der Waals surface area contributed by atoms with E-state index in [1.54, 1.807) is 49.2 Å². The van der Waals surface area contributed by atoms with Crippen molar-refractivity contribution in [1.29, 1.82) is 0 Å². The van der Waals surface area contributed by atoms with Crippen molar-refractivity contribution in [3.05, 3.63) is 120 Å². The maximum Gasteiger partial charge on any atom is 0.358 e. The van der Waals surface area contributed by atoms with Crippen molar-refractivity contribution < 1.29 is 57.4 Å². The van der Waals surface area contributed by atoms with E-state index in [9.17, 15) is 19.2 Å². The highest BCUT2D eigenvalue weighted by Gasteiger charge is 2.20. The van der Waals surface area contributed by atoms with Crippen molar-refractivity contribution in [3.63, 3.8) is 0 Å². The molecule has 0 aliphatic rings. The van der Waals surface area contributed by atoms with Gasteiger partial charge in [0, 0.05) is 18.7 Å². The molecule has 24 nitrogen and oxygen atoms in total. The fourth-order valence-electron chi connectivity index (χ4n) is 5.56. The van der Waals surface area contributed by atoms with Crippen LogP contribution in [0.25, 0.3) is 0 Å². The first-order valence-electron chi connectivity index (χ1n) is 21.5. The van der Waals surface area contributed by atoms with E-state index in [1.807, 2.05) is 38.1 Å². The number of carbonyl (C=O) groups is 4. The molecule has 0 bridgehead atoms. The number of nitrogens with one attached hydrogen (secondary N) is 1. The Bertz CT molecular complexity index is 2780. The van der Waals surface area contributed by atoms with Gasteiger partial charge >= 0.3 is 23.9 Å². The minimum Gasteiger partial charge on any atom is -0.496 e. The number of aromatic nitrogens is 8. The molecule has 412 valence electrons. The van der Waals surface area contributed by atoms with E-state index in [0.29, 0.717) is 30.4 Å². The standard InChI is InChI=1S/C17H20ClN3O4.C10H15NO2.C7H6Cl2N2O2.C7H8ClN3O2.C5H4ClN3O2.CH4/c1-5-25-17(22)15-14(18)16(21-9-20-15)19-8-11-12(23-3)6-10(2)7-13(11)24-4;1-7-4-9(12-2)8(6-11)10(5-7)13-3;2*1-2-13-7(12)5-4(8)6(9)11-3-10-5;6-2-3(5(10)11)8-1-9-4(2)7;/h6-7,9H,5,8H2,1-4H3,(H,19,20,21);4-5H,6,11H2,1-3H3;3H,2H2,1H3;3H,2H2,1H3,(H2,9,10,11);1H,(H,10,11)(H2,7,8,9);1H4. The number of carboxylic acids is 1. The SMILES string of the molecule is C.CCOC(=O)c1ncnc(Cl)c1Cl.CCOC(=O)c1ncnc(N)c1Cl.CCOC(=O)c1ncnc(NCc2c(OC)cc(C)cc2OC)c1Cl.COc1cc(C)cc(OC)c1CN.Nc1ncnc(C(=O)O)c1Cl. The number of aromatic carboxylic acids is 1. The van der Waals surface area contributed by atoms with Gasteiger partial charge in [0.25, 0.3) is 0 Å². The molecule has 0 saturated carbocycles. The van der Waals surface area contributed by atoms with Crippen LogP contribution in [0, 0.1) is 13.8 Å². The average Bonchev–Trinajstić information content (AvgIpc) is 3.38. The molecule has 0 atom stereocenters. The van der Waals surface area contributed by atoms with Gasteiger partial charge in [-0.2, -0.15) is 0 Å². The molecule has 0 radical (unpaired) electrons. The third-order valence-electron chi connectivity index (χ3n) is 8.92. The zero-order valence-electron chi connectivity index (χ0n) is 41.8. The molecule has 6 rings (SSSR count). The number of nitrogen functional groups attached to an aromatic ring is 2. The lowest BCUT2D eigenvalue weighted by Crippen LogP contribution is -2.11. The number of hydrogen-bond acceptors (Lipinski definition) is 23. The van der Waals surface area contributed by atoms with Crippen molar-refractivity contribution in [2.45, 2.75) is 55.1 Å². The van der Waals surface area contributed by atoms with Gasteiger partial charge in [-0.1, -0.05) is 65.4 Å². The molecule has 76 heavy (non-hydrogen) atoms. The second kappa shape index (κ2) is 34.3. The summed E-state index contributed by atoms with van der Waals surface area (Å²) in [6.07, 6.45) is 4.61. The van der Waals surface area contributed by atoms with Crippen LogP contribution in [0.15, 0.2) is 49.6 Å². The molecule has 0 aliphatic carbocycles. The van der Waals surface area contributed by atoms with Crippen molar-refractivity contribution in [2.24, 2.45) is 5.73 Å². The van der Waals surface area contributed by atoms with Crippen LogP contribution < -0.4 is 41.5 Å². The molecule has 6 aromatic rings. The van der Waals surface area contributed by atoms with Gasteiger partial charge in [0.2, 0.25) is 0 Å². The third kappa shape index (κ3) is 19.7. The number of halogens is 5. The highest BCUT2D eigenvalue weighted by molar-refractivity contribution is 6.42. The van der Waals surface area contributed by atoms with Crippen molar-refractivity contribution in [2.75, 3.05) is 65.0 Å². The van der Waals surface area contributed by atoms with E-state index >= 15 is 0 Å². The number of rotatable bonds is 15. The predicted molar refractivity (Wildman–Crippen MR) is 287 cm³/mol. The largest absolute Gasteiger partial charge is 0.496 e. The Hall–Kier alpha value is -7.35. The van der Waals surface area contributed by atoms with Gasteiger partial charge in [0.1, 0.15) is 85.9 Å². The van der Waals surface area contributed by atoms with E-state index in [0.717, 1.165) is 52.7 Å². The summed E-state index contributed by atoms with van der Waals surface area (Å²) >= 11 is 28.6. The number of anilines is 3. The van der Waals surface area contributed by atoms with Gasteiger partial charge in [-0.15, -0.1) is 0 Å². The highest BCUT2D eigenvalue weighted by atomic mass is 35.5. The topological polar surface area (TPSA) is 346 Å². The van der Waals surface area contributed by atoms with E-state index in [2.05, 4.69) is 45.2 Å². The molecule has 8 N–H and O–H groups in total. The van der Waals surface area contributed by atoms with Crippen LogP contribution in [0.5, 0.6) is 23.0 Å². The van der Waals surface area contributed by atoms with Gasteiger partial charge in [0.15, 0.2) is 27.9 Å². The molecule has 0 amide bonds. The summed E-state index contributed by atoms with van der Waals surface area (Å²) in [5.74, 6) is 0.299. The Balaban J connectivity index is 0.000000493. The minimum atomic E-state index is -1.22. The number of carboxylic acid groups (broad SMARTS) is 1. The Labute approximate surface area is 463 Å². The molecule has 0 unspecified atom stereocenters. The number of aryl methyl sites for hydroxylation is 2. The summed E-state index contributed by atoms with van der Waals surface area (Å²) in [5.41, 5.74) is 19.7. The van der Waals surface area contributed by atoms with Crippen LogP contribution in [0.4, 0.5) is 17.5 Å². The molecule has 4 heterocycles. The summed E-state index contributed by atoms with van der Waals surface area (Å²) in [6, 6.07) is 7.71. The Morgan fingerprint density at radius 1 is 0.526 bits per heavy atom. The van der Waals surface area contributed by atoms with E-state index < -0.39 is 23.9 Å². The van der Waals surface area contributed by atoms with Crippen LogP contribution in [0.2, 0.25) is 25.2 Å². The molecule has 4 aromatic heterocycles. The quantitative estimate of drug-likeness (QED) is 0.0365.